The number of H-pyrrole nitrogens is 1. The van der Waals surface area contributed by atoms with Crippen LogP contribution in [0, 0.1) is 0 Å². The van der Waals surface area contributed by atoms with Crippen LogP contribution in [0.2, 0.25) is 0 Å². The van der Waals surface area contributed by atoms with Crippen LogP contribution in [0.15, 0.2) is 41.8 Å². The van der Waals surface area contributed by atoms with E-state index in [0.717, 1.165) is 22.7 Å². The molecule has 4 nitrogen and oxygen atoms in total. The molecule has 2 atom stereocenters. The van der Waals surface area contributed by atoms with Gasteiger partial charge >= 0.3 is 0 Å². The molecule has 1 aliphatic heterocycles. The van der Waals surface area contributed by atoms with Crippen molar-refractivity contribution in [1.82, 2.24) is 9.97 Å². The highest BCUT2D eigenvalue weighted by Crippen LogP contribution is 2.34. The Kier molecular flexibility index (Phi) is 3.29. The maximum absolute atomic E-state index is 9.89. The van der Waals surface area contributed by atoms with Gasteiger partial charge in [0.25, 0.3) is 0 Å². The number of phenolic OH excluding ortho intramolecular Hbond substituents is 1. The normalized spacial score (nSPS) is 22.5. The van der Waals surface area contributed by atoms with Crippen LogP contribution in [0.4, 0.5) is 0 Å². The number of para-hydroxylation sites is 1. The molecule has 2 aromatic rings. The average molecular weight is 273 g/mol. The number of hydrogen-bond donors (Lipinski definition) is 2. The van der Waals surface area contributed by atoms with E-state index in [9.17, 15) is 5.11 Å². The van der Waals surface area contributed by atoms with Crippen molar-refractivity contribution in [3.8, 4) is 5.75 Å². The van der Waals surface area contributed by atoms with Gasteiger partial charge in [0.15, 0.2) is 0 Å². The molecule has 1 aliphatic rings. The first-order valence-electron chi connectivity index (χ1n) is 6.24. The minimum absolute atomic E-state index is 0.222. The lowest BCUT2D eigenvalue weighted by Gasteiger charge is -2.10. The van der Waals surface area contributed by atoms with Crippen molar-refractivity contribution in [1.29, 1.82) is 0 Å². The molecule has 3 rings (SSSR count). The molecule has 98 valence electrons. The third kappa shape index (κ3) is 2.51. The minimum atomic E-state index is 0.222. The summed E-state index contributed by atoms with van der Waals surface area (Å²) in [5, 5.41) is 11.2. The molecule has 0 fully saturated rings. The van der Waals surface area contributed by atoms with Crippen molar-refractivity contribution < 1.29 is 5.11 Å². The molecule has 2 N–H and O–H groups in total. The van der Waals surface area contributed by atoms with Crippen LogP contribution in [0.5, 0.6) is 5.75 Å². The number of phenols is 1. The van der Waals surface area contributed by atoms with Gasteiger partial charge in [-0.05, 0) is 12.1 Å². The number of aromatic hydroxyl groups is 1. The lowest BCUT2D eigenvalue weighted by Crippen LogP contribution is -2.16. The van der Waals surface area contributed by atoms with E-state index < -0.39 is 0 Å². The van der Waals surface area contributed by atoms with E-state index in [1.54, 1.807) is 24.2 Å². The number of aromatic amines is 1. The van der Waals surface area contributed by atoms with Crippen molar-refractivity contribution in [2.75, 3.05) is 0 Å². The molecular weight excluding hydrogens is 258 g/mol. The Morgan fingerprint density at radius 3 is 2.95 bits per heavy atom. The van der Waals surface area contributed by atoms with Gasteiger partial charge in [0.05, 0.1) is 12.4 Å². The molecule has 19 heavy (non-hydrogen) atoms. The lowest BCUT2D eigenvalue weighted by atomic mass is 10.1. The first-order chi connectivity index (χ1) is 9.24. The molecule has 1 aromatic heterocycles. The number of benzene rings is 1. The number of aromatic nitrogens is 2. The maximum atomic E-state index is 9.89. The summed E-state index contributed by atoms with van der Waals surface area (Å²) in [6.45, 7) is 2.17. The van der Waals surface area contributed by atoms with E-state index in [2.05, 4.69) is 16.9 Å². The fourth-order valence-electron chi connectivity index (χ4n) is 2.16. The lowest BCUT2D eigenvalue weighted by molar-refractivity contribution is 0.474. The van der Waals surface area contributed by atoms with Crippen LogP contribution in [-0.2, 0) is 6.42 Å². The van der Waals surface area contributed by atoms with Crippen LogP contribution in [0.1, 0.15) is 18.2 Å². The second-order valence-electron chi connectivity index (χ2n) is 4.62. The molecule has 0 aliphatic carbocycles. The van der Waals surface area contributed by atoms with Crippen LogP contribution >= 0.6 is 11.8 Å². The molecule has 0 spiro atoms. The van der Waals surface area contributed by atoms with Crippen molar-refractivity contribution in [2.45, 2.75) is 24.6 Å². The third-order valence-corrected chi connectivity index (χ3v) is 4.48. The maximum Gasteiger partial charge on any atom is 0.125 e. The van der Waals surface area contributed by atoms with E-state index >= 15 is 0 Å². The summed E-state index contributed by atoms with van der Waals surface area (Å²) in [7, 11) is 0. The molecule has 5 heteroatoms. The fraction of sp³-hybridized carbons (Fsp3) is 0.286. The van der Waals surface area contributed by atoms with Crippen molar-refractivity contribution in [2.24, 2.45) is 4.99 Å². The van der Waals surface area contributed by atoms with Gasteiger partial charge in [-0.3, -0.25) is 4.99 Å². The summed E-state index contributed by atoms with van der Waals surface area (Å²) in [5.41, 5.74) is 1.92. The number of hydrogen-bond acceptors (Lipinski definition) is 4. The van der Waals surface area contributed by atoms with Crippen molar-refractivity contribution in [3.63, 3.8) is 0 Å². The molecule has 0 radical (unpaired) electrons. The number of imidazole rings is 1. The number of nitrogens with one attached hydrogen (secondary N) is 1. The van der Waals surface area contributed by atoms with Crippen LogP contribution in [0.3, 0.4) is 0 Å². The van der Waals surface area contributed by atoms with Gasteiger partial charge in [0.1, 0.15) is 10.8 Å². The fourth-order valence-corrected chi connectivity index (χ4v) is 3.32. The SMILES string of the molecule is C[C@@H]1SC(c2ccccc2O)=N[C@H]1Cc1cnc[nH]1. The molecule has 0 unspecified atom stereocenters. The minimum Gasteiger partial charge on any atom is -0.507 e. The van der Waals surface area contributed by atoms with Crippen LogP contribution in [-0.4, -0.2) is 31.4 Å². The Bertz CT molecular complexity index is 594. The molecule has 0 saturated carbocycles. The van der Waals surface area contributed by atoms with Gasteiger partial charge in [-0.15, -0.1) is 11.8 Å². The molecule has 0 bridgehead atoms. The monoisotopic (exact) mass is 273 g/mol. The highest BCUT2D eigenvalue weighted by atomic mass is 32.2. The largest absolute Gasteiger partial charge is 0.507 e. The van der Waals surface area contributed by atoms with Gasteiger partial charge in [-0.25, -0.2) is 4.98 Å². The Morgan fingerprint density at radius 1 is 1.37 bits per heavy atom. The number of thioether (sulfide) groups is 1. The zero-order valence-corrected chi connectivity index (χ0v) is 11.4. The summed E-state index contributed by atoms with van der Waals surface area (Å²) >= 11 is 1.72. The van der Waals surface area contributed by atoms with Gasteiger partial charge in [-0.1, -0.05) is 19.1 Å². The quantitative estimate of drug-likeness (QED) is 0.903. The number of nitrogens with zero attached hydrogens (tertiary/aromatic N) is 2. The van der Waals surface area contributed by atoms with Gasteiger partial charge in [0.2, 0.25) is 0 Å². The Labute approximate surface area is 116 Å². The van der Waals surface area contributed by atoms with Crippen molar-refractivity contribution in [3.05, 3.63) is 48.0 Å². The highest BCUT2D eigenvalue weighted by Gasteiger charge is 2.28. The standard InChI is InChI=1S/C14H15N3OS/c1-9-12(6-10-7-15-8-16-10)17-14(19-9)11-4-2-3-5-13(11)18/h2-5,7-9,12,18H,6H2,1H3,(H,15,16)/t9-,12-/m0/s1. The molecule has 1 aromatic carbocycles. The van der Waals surface area contributed by atoms with Gasteiger partial charge < -0.3 is 10.1 Å². The second-order valence-corrected chi connectivity index (χ2v) is 5.99. The first-order valence-corrected chi connectivity index (χ1v) is 7.12. The van der Waals surface area contributed by atoms with E-state index in [-0.39, 0.29) is 6.04 Å². The Balaban J connectivity index is 1.83. The summed E-state index contributed by atoms with van der Waals surface area (Å²) in [4.78, 5) is 11.9. The molecule has 0 amide bonds. The summed E-state index contributed by atoms with van der Waals surface area (Å²) in [6.07, 6.45) is 4.38. The van der Waals surface area contributed by atoms with E-state index in [4.69, 9.17) is 4.99 Å². The third-order valence-electron chi connectivity index (χ3n) is 3.24. The Morgan fingerprint density at radius 2 is 2.21 bits per heavy atom. The predicted molar refractivity (Wildman–Crippen MR) is 77.8 cm³/mol. The summed E-state index contributed by atoms with van der Waals surface area (Å²) in [6, 6.07) is 7.58. The van der Waals surface area contributed by atoms with Gasteiger partial charge in [0, 0.05) is 29.1 Å². The summed E-state index contributed by atoms with van der Waals surface area (Å²) in [5.74, 6) is 0.295. The number of rotatable bonds is 3. The molecule has 0 saturated heterocycles. The number of aliphatic imine (C=N–C) groups is 1. The smallest absolute Gasteiger partial charge is 0.125 e. The Hall–Kier alpha value is -1.75. The zero-order valence-electron chi connectivity index (χ0n) is 10.6. The highest BCUT2D eigenvalue weighted by molar-refractivity contribution is 8.15. The zero-order chi connectivity index (χ0) is 13.2. The first kappa shape index (κ1) is 12.3. The van der Waals surface area contributed by atoms with Gasteiger partial charge in [-0.2, -0.15) is 0 Å². The van der Waals surface area contributed by atoms with E-state index in [0.29, 0.717) is 11.0 Å². The summed E-state index contributed by atoms with van der Waals surface area (Å²) < 4.78 is 0. The molecule has 2 heterocycles. The van der Waals surface area contributed by atoms with Crippen molar-refractivity contribution >= 4 is 16.8 Å². The molecular formula is C14H15N3OS. The van der Waals surface area contributed by atoms with E-state index in [1.165, 1.54) is 0 Å². The van der Waals surface area contributed by atoms with Crippen LogP contribution in [0.25, 0.3) is 0 Å². The topological polar surface area (TPSA) is 61.3 Å². The predicted octanol–water partition coefficient (Wildman–Crippen LogP) is 2.61. The van der Waals surface area contributed by atoms with E-state index in [1.807, 2.05) is 24.4 Å². The van der Waals surface area contributed by atoms with Crippen LogP contribution < -0.4 is 0 Å². The second kappa shape index (κ2) is 5.09. The average Bonchev–Trinajstić information content (AvgIpc) is 3.02.